The summed E-state index contributed by atoms with van der Waals surface area (Å²) in [6, 6.07) is 21.1. The third kappa shape index (κ3) is 5.57. The van der Waals surface area contributed by atoms with Crippen molar-refractivity contribution in [1.29, 1.82) is 0 Å². The van der Waals surface area contributed by atoms with Gasteiger partial charge in [-0.3, -0.25) is 14.6 Å². The third-order valence-corrected chi connectivity index (χ3v) is 8.63. The average molecular weight is 560 g/mol. The first-order valence-electron chi connectivity index (χ1n) is 13.6. The first-order chi connectivity index (χ1) is 19.6. The van der Waals surface area contributed by atoms with Gasteiger partial charge >= 0.3 is 0 Å². The number of likely N-dealkylation sites (tertiary alicyclic amines) is 1. The second kappa shape index (κ2) is 11.7. The molecule has 2 aliphatic heterocycles. The number of methoxy groups -OCH3 is 2. The van der Waals surface area contributed by atoms with Crippen molar-refractivity contribution >= 4 is 32.6 Å². The smallest absolute Gasteiger partial charge is 0.260 e. The van der Waals surface area contributed by atoms with Crippen molar-refractivity contribution in [3.8, 4) is 23.0 Å². The Hall–Kier alpha value is -3.82. The molecule has 0 saturated carbocycles. The normalized spacial score (nSPS) is 17.5. The van der Waals surface area contributed by atoms with Gasteiger partial charge in [0.2, 0.25) is 0 Å². The van der Waals surface area contributed by atoms with E-state index in [-0.39, 0.29) is 12.0 Å². The molecule has 0 spiro atoms. The highest BCUT2D eigenvalue weighted by atomic mass is 32.1. The van der Waals surface area contributed by atoms with Crippen molar-refractivity contribution in [1.82, 2.24) is 9.88 Å². The number of aromatic nitrogens is 1. The molecule has 0 aliphatic carbocycles. The van der Waals surface area contributed by atoms with Crippen molar-refractivity contribution in [2.75, 3.05) is 51.9 Å². The molecule has 3 aromatic carbocycles. The Morgan fingerprint density at radius 3 is 2.52 bits per heavy atom. The predicted molar refractivity (Wildman–Crippen MR) is 156 cm³/mol. The number of nitrogens with zero attached hydrogens (tertiary/aromatic N) is 3. The number of fused-ring (bicyclic) bond motifs is 2. The van der Waals surface area contributed by atoms with Gasteiger partial charge in [0.25, 0.3) is 5.91 Å². The lowest BCUT2D eigenvalue weighted by Crippen LogP contribution is -2.46. The minimum atomic E-state index is -0.0890. The van der Waals surface area contributed by atoms with Gasteiger partial charge in [0, 0.05) is 18.7 Å². The van der Waals surface area contributed by atoms with Gasteiger partial charge in [-0.25, -0.2) is 4.98 Å². The maximum Gasteiger partial charge on any atom is 0.260 e. The maximum absolute atomic E-state index is 13.9. The van der Waals surface area contributed by atoms with Crippen LogP contribution in [-0.2, 0) is 0 Å². The van der Waals surface area contributed by atoms with Crippen LogP contribution in [0.25, 0.3) is 10.2 Å². The number of carbonyl (C=O) groups is 1. The molecule has 208 valence electrons. The first-order valence-corrected chi connectivity index (χ1v) is 14.4. The molecular weight excluding hydrogens is 526 g/mol. The predicted octanol–water partition coefficient (Wildman–Crippen LogP) is 5.51. The van der Waals surface area contributed by atoms with E-state index >= 15 is 0 Å². The molecule has 0 radical (unpaired) electrons. The number of anilines is 1. The molecule has 1 fully saturated rings. The molecule has 0 N–H and O–H groups in total. The molecule has 40 heavy (non-hydrogen) atoms. The summed E-state index contributed by atoms with van der Waals surface area (Å²) in [5.41, 5.74) is 1.45. The van der Waals surface area contributed by atoms with Gasteiger partial charge in [0.1, 0.15) is 12.7 Å². The van der Waals surface area contributed by atoms with Crippen LogP contribution in [0.2, 0.25) is 0 Å². The van der Waals surface area contributed by atoms with Crippen LogP contribution in [0.5, 0.6) is 23.0 Å². The monoisotopic (exact) mass is 559 g/mol. The average Bonchev–Trinajstić information content (AvgIpc) is 3.44. The number of hydrogen-bond acceptors (Lipinski definition) is 8. The molecule has 1 amide bonds. The summed E-state index contributed by atoms with van der Waals surface area (Å²) in [5.74, 6) is 3.02. The Bertz CT molecular complexity index is 1450. The first kappa shape index (κ1) is 26.4. The summed E-state index contributed by atoms with van der Waals surface area (Å²) in [5, 5.41) is 0.717. The van der Waals surface area contributed by atoms with Crippen LogP contribution in [0.4, 0.5) is 5.13 Å². The highest BCUT2D eigenvalue weighted by Crippen LogP contribution is 2.34. The van der Waals surface area contributed by atoms with Crippen LogP contribution in [-0.4, -0.2) is 68.9 Å². The molecular formula is C31H33N3O5S. The Morgan fingerprint density at radius 1 is 1.00 bits per heavy atom. The fourth-order valence-electron chi connectivity index (χ4n) is 5.40. The Morgan fingerprint density at radius 2 is 1.75 bits per heavy atom. The number of piperidine rings is 1. The van der Waals surface area contributed by atoms with Crippen molar-refractivity contribution < 1.29 is 23.7 Å². The summed E-state index contributed by atoms with van der Waals surface area (Å²) >= 11 is 1.55. The lowest BCUT2D eigenvalue weighted by molar-refractivity contribution is 0.0481. The molecule has 0 bridgehead atoms. The van der Waals surface area contributed by atoms with Gasteiger partial charge in [-0.2, -0.15) is 0 Å². The van der Waals surface area contributed by atoms with Crippen LogP contribution >= 0.6 is 11.3 Å². The Kier molecular flexibility index (Phi) is 7.75. The summed E-state index contributed by atoms with van der Waals surface area (Å²) in [6.45, 7) is 3.89. The van der Waals surface area contributed by atoms with Gasteiger partial charge < -0.3 is 18.9 Å². The Labute approximate surface area is 238 Å². The van der Waals surface area contributed by atoms with E-state index in [4.69, 9.17) is 23.9 Å². The molecule has 1 aromatic heterocycles. The van der Waals surface area contributed by atoms with E-state index in [1.807, 2.05) is 53.4 Å². The van der Waals surface area contributed by atoms with Crippen molar-refractivity contribution in [3.05, 3.63) is 72.3 Å². The van der Waals surface area contributed by atoms with Gasteiger partial charge in [0.05, 0.1) is 24.4 Å². The molecule has 6 rings (SSSR count). The highest BCUT2D eigenvalue weighted by molar-refractivity contribution is 7.22. The van der Waals surface area contributed by atoms with Crippen LogP contribution < -0.4 is 23.8 Å². The molecule has 8 nitrogen and oxygen atoms in total. The zero-order valence-electron chi connectivity index (χ0n) is 22.7. The van der Waals surface area contributed by atoms with Gasteiger partial charge in [-0.05, 0) is 74.3 Å². The fraction of sp³-hybridized carbons (Fsp3) is 0.355. The lowest BCUT2D eigenvalue weighted by atomic mass is 9.95. The van der Waals surface area contributed by atoms with Gasteiger partial charge in [0.15, 0.2) is 28.1 Å². The zero-order chi connectivity index (χ0) is 27.5. The van der Waals surface area contributed by atoms with E-state index in [0.717, 1.165) is 59.3 Å². The van der Waals surface area contributed by atoms with E-state index in [0.29, 0.717) is 36.1 Å². The van der Waals surface area contributed by atoms with Crippen molar-refractivity contribution in [2.45, 2.75) is 18.9 Å². The van der Waals surface area contributed by atoms with E-state index in [2.05, 4.69) is 4.90 Å². The minimum Gasteiger partial charge on any atom is -0.493 e. The molecule has 3 heterocycles. The molecule has 9 heteroatoms. The maximum atomic E-state index is 13.9. The fourth-order valence-corrected chi connectivity index (χ4v) is 6.37. The van der Waals surface area contributed by atoms with Gasteiger partial charge in [-0.1, -0.05) is 35.6 Å². The van der Waals surface area contributed by atoms with E-state index in [9.17, 15) is 4.79 Å². The molecule has 1 atom stereocenters. The van der Waals surface area contributed by atoms with Crippen LogP contribution in [0.3, 0.4) is 0 Å². The minimum absolute atomic E-state index is 0.0114. The SMILES string of the molecule is COc1ccc(C(=O)N(CC2CCN(CC3COc4ccccc4O3)CC2)c2nc3ccccc3s2)cc1OC. The summed E-state index contributed by atoms with van der Waals surface area (Å²) in [6.07, 6.45) is 1.99. The number of thiazole rings is 1. The number of carbonyl (C=O) groups excluding carboxylic acids is 1. The standard InChI is InChI=1S/C31H33N3O5S/c1-36-25-12-11-22(17-28(25)37-2)30(35)34(31-32-24-7-3-6-10-29(24)40-31)18-21-13-15-33(16-14-21)19-23-20-38-26-8-4-5-9-27(26)39-23/h3-12,17,21,23H,13-16,18-20H2,1-2H3. The topological polar surface area (TPSA) is 73.4 Å². The third-order valence-electron chi connectivity index (χ3n) is 7.57. The van der Waals surface area contributed by atoms with E-state index < -0.39 is 0 Å². The second-order valence-electron chi connectivity index (χ2n) is 10.2. The van der Waals surface area contributed by atoms with Crippen LogP contribution in [0.1, 0.15) is 23.2 Å². The number of rotatable bonds is 8. The van der Waals surface area contributed by atoms with E-state index in [1.54, 1.807) is 43.8 Å². The number of amides is 1. The van der Waals surface area contributed by atoms with Crippen LogP contribution in [0, 0.1) is 5.92 Å². The van der Waals surface area contributed by atoms with Crippen molar-refractivity contribution in [2.24, 2.45) is 5.92 Å². The largest absolute Gasteiger partial charge is 0.493 e. The summed E-state index contributed by atoms with van der Waals surface area (Å²) in [4.78, 5) is 23.1. The lowest BCUT2D eigenvalue weighted by Gasteiger charge is -2.36. The quantitative estimate of drug-likeness (QED) is 0.282. The number of ether oxygens (including phenoxy) is 4. The highest BCUT2D eigenvalue weighted by Gasteiger charge is 2.30. The molecule has 1 saturated heterocycles. The number of hydrogen-bond donors (Lipinski definition) is 0. The Balaban J connectivity index is 1.15. The number of benzene rings is 3. The zero-order valence-corrected chi connectivity index (χ0v) is 23.6. The number of para-hydroxylation sites is 3. The summed E-state index contributed by atoms with van der Waals surface area (Å²) < 4.78 is 24.0. The molecule has 4 aromatic rings. The molecule has 1 unspecified atom stereocenters. The van der Waals surface area contributed by atoms with Crippen molar-refractivity contribution in [3.63, 3.8) is 0 Å². The van der Waals surface area contributed by atoms with Gasteiger partial charge in [-0.15, -0.1) is 0 Å². The second-order valence-corrected chi connectivity index (χ2v) is 11.2. The van der Waals surface area contributed by atoms with Crippen LogP contribution in [0.15, 0.2) is 66.7 Å². The molecule has 2 aliphatic rings. The summed E-state index contributed by atoms with van der Waals surface area (Å²) in [7, 11) is 3.17. The van der Waals surface area contributed by atoms with E-state index in [1.165, 1.54) is 0 Å².